The molecule has 7 nitrogen and oxygen atoms in total. The van der Waals surface area contributed by atoms with Crippen LogP contribution in [0.15, 0.2) is 48.5 Å². The van der Waals surface area contributed by atoms with E-state index in [-0.39, 0.29) is 11.6 Å². The van der Waals surface area contributed by atoms with E-state index in [9.17, 15) is 14.9 Å². The van der Waals surface area contributed by atoms with E-state index in [0.29, 0.717) is 12.1 Å². The molecule has 2 aliphatic heterocycles. The van der Waals surface area contributed by atoms with Gasteiger partial charge in [0, 0.05) is 43.9 Å². The quantitative estimate of drug-likeness (QED) is 0.573. The number of amides is 1. The summed E-state index contributed by atoms with van der Waals surface area (Å²) in [5, 5.41) is 10.9. The molecule has 4 rings (SSSR count). The van der Waals surface area contributed by atoms with Crippen LogP contribution in [0.2, 0.25) is 0 Å². The van der Waals surface area contributed by atoms with Crippen molar-refractivity contribution < 1.29 is 9.72 Å². The normalized spacial score (nSPS) is 17.1. The fourth-order valence-corrected chi connectivity index (χ4v) is 4.21. The van der Waals surface area contributed by atoms with Gasteiger partial charge in [-0.3, -0.25) is 14.9 Å². The average molecular weight is 394 g/mol. The van der Waals surface area contributed by atoms with Crippen LogP contribution >= 0.6 is 0 Å². The highest BCUT2D eigenvalue weighted by Gasteiger charge is 2.26. The topological polar surface area (TPSA) is 69.9 Å². The van der Waals surface area contributed by atoms with E-state index in [1.165, 1.54) is 38.1 Å². The van der Waals surface area contributed by atoms with E-state index in [2.05, 4.69) is 15.9 Å². The van der Waals surface area contributed by atoms with Crippen molar-refractivity contribution in [1.29, 1.82) is 0 Å². The molecular formula is C22H26N4O3. The van der Waals surface area contributed by atoms with Gasteiger partial charge in [0.1, 0.15) is 0 Å². The first-order valence-electron chi connectivity index (χ1n) is 10.3. The molecule has 0 atom stereocenters. The van der Waals surface area contributed by atoms with Gasteiger partial charge in [0.15, 0.2) is 0 Å². The first-order valence-corrected chi connectivity index (χ1v) is 10.3. The number of benzene rings is 2. The van der Waals surface area contributed by atoms with Crippen LogP contribution in [0.25, 0.3) is 0 Å². The largest absolute Gasteiger partial charge is 0.368 e. The summed E-state index contributed by atoms with van der Waals surface area (Å²) in [5.41, 5.74) is 2.45. The zero-order chi connectivity index (χ0) is 20.2. The summed E-state index contributed by atoms with van der Waals surface area (Å²) in [4.78, 5) is 30.3. The predicted octanol–water partition coefficient (Wildman–Crippen LogP) is 3.55. The summed E-state index contributed by atoms with van der Waals surface area (Å²) in [6.07, 6.45) is 3.45. The zero-order valence-corrected chi connectivity index (χ0v) is 16.5. The minimum absolute atomic E-state index is 0.00842. The number of nitro benzene ring substituents is 1. The second-order valence-electron chi connectivity index (χ2n) is 7.64. The van der Waals surface area contributed by atoms with E-state index in [1.807, 2.05) is 23.1 Å². The molecule has 2 aromatic rings. The maximum absolute atomic E-state index is 13.2. The van der Waals surface area contributed by atoms with E-state index in [4.69, 9.17) is 0 Å². The lowest BCUT2D eigenvalue weighted by molar-refractivity contribution is -0.384. The number of non-ortho nitro benzene ring substituents is 1. The first kappa shape index (κ1) is 19.4. The smallest absolute Gasteiger partial charge is 0.269 e. The highest BCUT2D eigenvalue weighted by molar-refractivity contribution is 6.08. The highest BCUT2D eigenvalue weighted by atomic mass is 16.6. The summed E-state index contributed by atoms with van der Waals surface area (Å²) in [6.45, 7) is 5.91. The second-order valence-corrected chi connectivity index (χ2v) is 7.64. The number of carbonyl (C=O) groups excluding carboxylic acids is 1. The summed E-state index contributed by atoms with van der Waals surface area (Å²) in [7, 11) is 0. The molecule has 0 spiro atoms. The third-order valence-electron chi connectivity index (χ3n) is 5.78. The van der Waals surface area contributed by atoms with Gasteiger partial charge < -0.3 is 14.7 Å². The van der Waals surface area contributed by atoms with E-state index in [0.717, 1.165) is 37.4 Å². The first-order chi connectivity index (χ1) is 14.1. The van der Waals surface area contributed by atoms with Crippen LogP contribution in [-0.2, 0) is 0 Å². The molecule has 0 aliphatic carbocycles. The molecule has 1 amide bonds. The third kappa shape index (κ3) is 4.24. The Balaban J connectivity index is 1.55. The Morgan fingerprint density at radius 2 is 1.55 bits per heavy atom. The maximum atomic E-state index is 13.2. The number of carbonyl (C=O) groups is 1. The Bertz CT molecular complexity index is 878. The average Bonchev–Trinajstić information content (AvgIpc) is 3.20. The van der Waals surface area contributed by atoms with Gasteiger partial charge in [-0.25, -0.2) is 0 Å². The van der Waals surface area contributed by atoms with Crippen LogP contribution in [0.4, 0.5) is 17.1 Å². The van der Waals surface area contributed by atoms with E-state index < -0.39 is 4.92 Å². The fraction of sp³-hybridized carbons (Fsp3) is 0.409. The zero-order valence-electron chi connectivity index (χ0n) is 16.5. The molecule has 2 heterocycles. The van der Waals surface area contributed by atoms with Gasteiger partial charge in [-0.1, -0.05) is 12.1 Å². The lowest BCUT2D eigenvalue weighted by Gasteiger charge is -2.28. The van der Waals surface area contributed by atoms with E-state index >= 15 is 0 Å². The Kier molecular flexibility index (Phi) is 5.76. The molecular weight excluding hydrogens is 368 g/mol. The monoisotopic (exact) mass is 394 g/mol. The molecule has 0 radical (unpaired) electrons. The Labute approximate surface area is 170 Å². The number of nitrogens with zero attached hydrogens (tertiary/aromatic N) is 4. The summed E-state index contributed by atoms with van der Waals surface area (Å²) in [5.74, 6) is -0.117. The van der Waals surface area contributed by atoms with Gasteiger partial charge in [0.05, 0.1) is 16.3 Å². The highest BCUT2D eigenvalue weighted by Crippen LogP contribution is 2.33. The summed E-state index contributed by atoms with van der Waals surface area (Å²) < 4.78 is 0. The number of hydrogen-bond donors (Lipinski definition) is 0. The molecule has 0 aromatic heterocycles. The van der Waals surface area contributed by atoms with Crippen LogP contribution in [0.3, 0.4) is 0 Å². The number of likely N-dealkylation sites (tertiary alicyclic amines) is 1. The summed E-state index contributed by atoms with van der Waals surface area (Å²) in [6, 6.07) is 13.9. The van der Waals surface area contributed by atoms with Crippen molar-refractivity contribution in [2.75, 3.05) is 49.1 Å². The van der Waals surface area contributed by atoms with Crippen molar-refractivity contribution in [2.24, 2.45) is 0 Å². The van der Waals surface area contributed by atoms with E-state index in [1.54, 1.807) is 12.1 Å². The van der Waals surface area contributed by atoms with Gasteiger partial charge in [-0.05, 0) is 56.6 Å². The van der Waals surface area contributed by atoms with Crippen molar-refractivity contribution in [3.8, 4) is 0 Å². The van der Waals surface area contributed by atoms with Crippen LogP contribution in [0, 0.1) is 10.1 Å². The minimum atomic E-state index is -0.451. The lowest BCUT2D eigenvalue weighted by atomic mass is 10.1. The fourth-order valence-electron chi connectivity index (χ4n) is 4.21. The van der Waals surface area contributed by atoms with Crippen LogP contribution in [-0.4, -0.2) is 55.0 Å². The SMILES string of the molecule is O=C(c1ccc([N+](=O)[O-])cc1)N1CCCN(CCN2CCCC2)c2ccccc21. The molecule has 1 saturated heterocycles. The number of anilines is 2. The van der Waals surface area contributed by atoms with Crippen molar-refractivity contribution in [1.82, 2.24) is 4.90 Å². The van der Waals surface area contributed by atoms with Gasteiger partial charge in [-0.15, -0.1) is 0 Å². The minimum Gasteiger partial charge on any atom is -0.368 e. The number of nitro groups is 1. The number of fused-ring (bicyclic) bond motifs is 1. The molecule has 29 heavy (non-hydrogen) atoms. The van der Waals surface area contributed by atoms with Gasteiger partial charge in [0.25, 0.3) is 11.6 Å². The number of para-hydroxylation sites is 2. The molecule has 1 fully saturated rings. The van der Waals surface area contributed by atoms with Gasteiger partial charge >= 0.3 is 0 Å². The standard InChI is InChI=1S/C22H26N4O3/c27-22(18-8-10-19(11-9-18)26(28)29)25-15-5-14-24(17-16-23-12-3-4-13-23)20-6-1-2-7-21(20)25/h1-2,6-11H,3-5,12-17H2. The third-order valence-corrected chi connectivity index (χ3v) is 5.78. The van der Waals surface area contributed by atoms with Crippen molar-refractivity contribution in [3.05, 3.63) is 64.2 Å². The molecule has 0 N–H and O–H groups in total. The number of hydrogen-bond acceptors (Lipinski definition) is 5. The molecule has 7 heteroatoms. The van der Waals surface area contributed by atoms with Crippen LogP contribution in [0.5, 0.6) is 0 Å². The Morgan fingerprint density at radius 3 is 2.24 bits per heavy atom. The molecule has 2 aromatic carbocycles. The van der Waals surface area contributed by atoms with Crippen molar-refractivity contribution >= 4 is 23.0 Å². The van der Waals surface area contributed by atoms with Crippen molar-refractivity contribution in [3.63, 3.8) is 0 Å². The predicted molar refractivity (Wildman–Crippen MR) is 114 cm³/mol. The molecule has 0 unspecified atom stereocenters. The summed E-state index contributed by atoms with van der Waals surface area (Å²) >= 11 is 0. The Morgan fingerprint density at radius 1 is 0.862 bits per heavy atom. The van der Waals surface area contributed by atoms with Crippen molar-refractivity contribution in [2.45, 2.75) is 19.3 Å². The molecule has 0 saturated carbocycles. The number of rotatable bonds is 5. The lowest BCUT2D eigenvalue weighted by Crippen LogP contribution is -2.34. The van der Waals surface area contributed by atoms with Crippen LogP contribution in [0.1, 0.15) is 29.6 Å². The Hall–Kier alpha value is -2.93. The molecule has 2 aliphatic rings. The van der Waals surface area contributed by atoms with Crippen LogP contribution < -0.4 is 9.80 Å². The van der Waals surface area contributed by atoms with Gasteiger partial charge in [-0.2, -0.15) is 0 Å². The second kappa shape index (κ2) is 8.61. The molecule has 152 valence electrons. The molecule has 0 bridgehead atoms. The maximum Gasteiger partial charge on any atom is 0.269 e. The van der Waals surface area contributed by atoms with Gasteiger partial charge in [0.2, 0.25) is 0 Å².